The Morgan fingerprint density at radius 3 is 2.68 bits per heavy atom. The van der Waals surface area contributed by atoms with Crippen LogP contribution in [0.25, 0.3) is 0 Å². The van der Waals surface area contributed by atoms with Crippen LogP contribution in [0.2, 0.25) is 0 Å². The van der Waals surface area contributed by atoms with Gasteiger partial charge in [0.05, 0.1) is 6.10 Å². The van der Waals surface area contributed by atoms with Crippen molar-refractivity contribution in [3.63, 3.8) is 0 Å². The second-order valence-corrected chi connectivity index (χ2v) is 8.04. The molecular weight excluding hydrogens is 330 g/mol. The zero-order chi connectivity index (χ0) is 18.2. The molecule has 0 amide bonds. The van der Waals surface area contributed by atoms with Crippen molar-refractivity contribution in [1.82, 2.24) is 10.2 Å². The Hall–Kier alpha value is -1.33. The number of nitrogens with zero attached hydrogens (tertiary/aromatic N) is 1. The fourth-order valence-corrected chi connectivity index (χ4v) is 3.79. The van der Waals surface area contributed by atoms with Crippen molar-refractivity contribution in [3.05, 3.63) is 24.3 Å². The van der Waals surface area contributed by atoms with Gasteiger partial charge in [-0.05, 0) is 69.4 Å². The first-order chi connectivity index (χ1) is 11.9. The summed E-state index contributed by atoms with van der Waals surface area (Å²) in [7, 11) is 0. The summed E-state index contributed by atoms with van der Waals surface area (Å²) in [6.45, 7) is 13.3. The van der Waals surface area contributed by atoms with E-state index in [-0.39, 0.29) is 6.10 Å². The lowest BCUT2D eigenvalue weighted by atomic mass is 9.92. The third-order valence-electron chi connectivity index (χ3n) is 4.34. The maximum atomic E-state index is 5.71. The SMILES string of the molecule is CC(C)Oc1cccc(NC(=S)NCCCN2C[C@H](C)C[C@@H](C)C2)c1. The van der Waals surface area contributed by atoms with Gasteiger partial charge >= 0.3 is 0 Å². The maximum absolute atomic E-state index is 5.71. The van der Waals surface area contributed by atoms with Crippen LogP contribution in [-0.4, -0.2) is 42.3 Å². The van der Waals surface area contributed by atoms with E-state index in [4.69, 9.17) is 17.0 Å². The van der Waals surface area contributed by atoms with E-state index in [2.05, 4.69) is 29.4 Å². The molecule has 0 spiro atoms. The smallest absolute Gasteiger partial charge is 0.170 e. The van der Waals surface area contributed by atoms with Crippen molar-refractivity contribution < 1.29 is 4.74 Å². The molecule has 0 aliphatic carbocycles. The number of rotatable bonds is 7. The molecule has 5 heteroatoms. The molecule has 140 valence electrons. The van der Waals surface area contributed by atoms with Crippen LogP contribution < -0.4 is 15.4 Å². The van der Waals surface area contributed by atoms with Gasteiger partial charge in [0, 0.05) is 31.4 Å². The lowest BCUT2D eigenvalue weighted by molar-refractivity contribution is 0.140. The molecule has 0 aromatic heterocycles. The average molecular weight is 364 g/mol. The summed E-state index contributed by atoms with van der Waals surface area (Å²) in [4.78, 5) is 2.59. The van der Waals surface area contributed by atoms with Gasteiger partial charge in [0.25, 0.3) is 0 Å². The van der Waals surface area contributed by atoms with Crippen LogP contribution in [0.4, 0.5) is 5.69 Å². The number of anilines is 1. The molecule has 1 aliphatic rings. The Labute approximate surface area is 158 Å². The number of thiocarbonyl (C=S) groups is 1. The minimum Gasteiger partial charge on any atom is -0.491 e. The third-order valence-corrected chi connectivity index (χ3v) is 4.59. The monoisotopic (exact) mass is 363 g/mol. The summed E-state index contributed by atoms with van der Waals surface area (Å²) >= 11 is 5.40. The van der Waals surface area contributed by atoms with Crippen LogP contribution in [0, 0.1) is 11.8 Å². The van der Waals surface area contributed by atoms with E-state index in [1.165, 1.54) is 19.5 Å². The summed E-state index contributed by atoms with van der Waals surface area (Å²) in [6, 6.07) is 7.91. The summed E-state index contributed by atoms with van der Waals surface area (Å²) in [5, 5.41) is 7.21. The highest BCUT2D eigenvalue weighted by Crippen LogP contribution is 2.21. The summed E-state index contributed by atoms with van der Waals surface area (Å²) in [6.07, 6.45) is 2.64. The van der Waals surface area contributed by atoms with Gasteiger partial charge in [-0.15, -0.1) is 0 Å². The Morgan fingerprint density at radius 2 is 2.00 bits per heavy atom. The molecule has 2 N–H and O–H groups in total. The van der Waals surface area contributed by atoms with Crippen LogP contribution in [0.15, 0.2) is 24.3 Å². The van der Waals surface area contributed by atoms with Crippen molar-refractivity contribution in [1.29, 1.82) is 0 Å². The van der Waals surface area contributed by atoms with Gasteiger partial charge in [0.2, 0.25) is 0 Å². The quantitative estimate of drug-likeness (QED) is 0.563. The number of likely N-dealkylation sites (tertiary alicyclic amines) is 1. The summed E-state index contributed by atoms with van der Waals surface area (Å²) in [5.41, 5.74) is 0.953. The van der Waals surface area contributed by atoms with E-state index in [0.29, 0.717) is 5.11 Å². The first-order valence-electron chi connectivity index (χ1n) is 9.46. The van der Waals surface area contributed by atoms with Crippen molar-refractivity contribution in [2.45, 2.75) is 46.6 Å². The lowest BCUT2D eigenvalue weighted by Gasteiger charge is -2.35. The minimum absolute atomic E-state index is 0.167. The zero-order valence-corrected chi connectivity index (χ0v) is 16.9. The fourth-order valence-electron chi connectivity index (χ4n) is 3.57. The summed E-state index contributed by atoms with van der Waals surface area (Å²) in [5.74, 6) is 2.50. The molecular formula is C20H33N3OS. The van der Waals surface area contributed by atoms with Crippen molar-refractivity contribution in [2.75, 3.05) is 31.5 Å². The van der Waals surface area contributed by atoms with Crippen LogP contribution in [0.1, 0.15) is 40.5 Å². The Kier molecular flexibility index (Phi) is 7.97. The van der Waals surface area contributed by atoms with Gasteiger partial charge < -0.3 is 20.3 Å². The highest BCUT2D eigenvalue weighted by Gasteiger charge is 2.20. The third kappa shape index (κ3) is 7.61. The molecule has 1 heterocycles. The second kappa shape index (κ2) is 9.97. The standard InChI is InChI=1S/C20H33N3OS/c1-15(2)24-19-8-5-7-18(12-19)22-20(25)21-9-6-10-23-13-16(3)11-17(4)14-23/h5,7-8,12,15-17H,6,9-11,13-14H2,1-4H3,(H2,21,22,25)/t16-,17-/m1/s1. The molecule has 1 fully saturated rings. The van der Waals surface area contributed by atoms with Gasteiger partial charge in [-0.2, -0.15) is 0 Å². The summed E-state index contributed by atoms with van der Waals surface area (Å²) < 4.78 is 5.71. The molecule has 1 saturated heterocycles. The number of piperidine rings is 1. The van der Waals surface area contributed by atoms with Crippen molar-refractivity contribution in [2.24, 2.45) is 11.8 Å². The predicted molar refractivity (Wildman–Crippen MR) is 110 cm³/mol. The van der Waals surface area contributed by atoms with Crippen molar-refractivity contribution in [3.8, 4) is 5.75 Å². The van der Waals surface area contributed by atoms with Gasteiger partial charge in [-0.1, -0.05) is 19.9 Å². The number of hydrogen-bond acceptors (Lipinski definition) is 3. The Morgan fingerprint density at radius 1 is 1.28 bits per heavy atom. The van der Waals surface area contributed by atoms with Gasteiger partial charge in [0.1, 0.15) is 5.75 Å². The van der Waals surface area contributed by atoms with Gasteiger partial charge in [-0.25, -0.2) is 0 Å². The second-order valence-electron chi connectivity index (χ2n) is 7.63. The van der Waals surface area contributed by atoms with E-state index in [1.54, 1.807) is 0 Å². The molecule has 4 nitrogen and oxygen atoms in total. The van der Waals surface area contributed by atoms with Crippen LogP contribution in [0.3, 0.4) is 0 Å². The molecule has 2 rings (SSSR count). The van der Waals surface area contributed by atoms with E-state index in [9.17, 15) is 0 Å². The molecule has 0 bridgehead atoms. The topological polar surface area (TPSA) is 36.5 Å². The van der Waals surface area contributed by atoms with Gasteiger partial charge in [-0.3, -0.25) is 0 Å². The number of nitrogens with one attached hydrogen (secondary N) is 2. The van der Waals surface area contributed by atoms with Crippen LogP contribution >= 0.6 is 12.2 Å². The Bertz CT molecular complexity index is 539. The zero-order valence-electron chi connectivity index (χ0n) is 16.0. The molecule has 25 heavy (non-hydrogen) atoms. The first kappa shape index (κ1) is 20.0. The molecule has 0 unspecified atom stereocenters. The normalized spacial score (nSPS) is 21.2. The van der Waals surface area contributed by atoms with E-state index in [1.807, 2.05) is 38.1 Å². The maximum Gasteiger partial charge on any atom is 0.170 e. The predicted octanol–water partition coefficient (Wildman–Crippen LogP) is 4.13. The molecule has 0 saturated carbocycles. The first-order valence-corrected chi connectivity index (χ1v) is 9.87. The Balaban J connectivity index is 1.67. The largest absolute Gasteiger partial charge is 0.491 e. The highest BCUT2D eigenvalue weighted by atomic mass is 32.1. The fraction of sp³-hybridized carbons (Fsp3) is 0.650. The average Bonchev–Trinajstić information content (AvgIpc) is 2.50. The lowest BCUT2D eigenvalue weighted by Crippen LogP contribution is -2.40. The van der Waals surface area contributed by atoms with E-state index >= 15 is 0 Å². The molecule has 1 aromatic rings. The number of benzene rings is 1. The van der Waals surface area contributed by atoms with E-state index in [0.717, 1.165) is 42.8 Å². The number of hydrogen-bond donors (Lipinski definition) is 2. The van der Waals surface area contributed by atoms with Crippen LogP contribution in [-0.2, 0) is 0 Å². The number of ether oxygens (including phenoxy) is 1. The molecule has 2 atom stereocenters. The molecule has 1 aliphatic heterocycles. The van der Waals surface area contributed by atoms with Crippen LogP contribution in [0.5, 0.6) is 5.75 Å². The highest BCUT2D eigenvalue weighted by molar-refractivity contribution is 7.80. The van der Waals surface area contributed by atoms with Crippen molar-refractivity contribution >= 4 is 23.0 Å². The van der Waals surface area contributed by atoms with E-state index < -0.39 is 0 Å². The van der Waals surface area contributed by atoms with Gasteiger partial charge in [0.15, 0.2) is 5.11 Å². The minimum atomic E-state index is 0.167. The molecule has 1 aromatic carbocycles. The molecule has 0 radical (unpaired) electrons.